The van der Waals surface area contributed by atoms with Crippen LogP contribution in [0.5, 0.6) is 0 Å². The van der Waals surface area contributed by atoms with Crippen LogP contribution in [0.25, 0.3) is 0 Å². The number of hydrogen-bond donors (Lipinski definition) is 0. The summed E-state index contributed by atoms with van der Waals surface area (Å²) in [5.41, 5.74) is 0.451. The number of rotatable bonds is 0. The molecule has 1 aromatic heterocycles. The third-order valence-electron chi connectivity index (χ3n) is 0.810. The Kier molecular flexibility index (Phi) is 1.97. The predicted molar refractivity (Wildman–Crippen MR) is 39.1 cm³/mol. The maximum atomic E-state index is 8.35. The van der Waals surface area contributed by atoms with Crippen LogP contribution in [-0.2, 0) is 0 Å². The smallest absolute Gasteiger partial charge is 0.113 e. The molecule has 0 aliphatic carbocycles. The van der Waals surface area contributed by atoms with Crippen LogP contribution in [0.4, 0.5) is 0 Å². The topological polar surface area (TPSA) is 23.8 Å². The molecule has 4 heteroatoms. The van der Waals surface area contributed by atoms with Gasteiger partial charge in [-0.15, -0.1) is 11.3 Å². The van der Waals surface area contributed by atoms with E-state index >= 15 is 0 Å². The zero-order chi connectivity index (χ0) is 6.85. The van der Waals surface area contributed by atoms with Gasteiger partial charge in [0.25, 0.3) is 0 Å². The SMILES string of the molecule is N#Cc1csc(Cl)c1Cl. The van der Waals surface area contributed by atoms with Crippen molar-refractivity contribution in [2.24, 2.45) is 0 Å². The Balaban J connectivity index is 3.24. The second-order valence-electron chi connectivity index (χ2n) is 1.35. The summed E-state index contributed by atoms with van der Waals surface area (Å²) >= 11 is 12.4. The maximum absolute atomic E-state index is 8.35. The minimum absolute atomic E-state index is 0.365. The average Bonchev–Trinajstić information content (AvgIpc) is 2.15. The molecular formula is C5HCl2NS. The van der Waals surface area contributed by atoms with Gasteiger partial charge in [0.05, 0.1) is 10.6 Å². The highest BCUT2D eigenvalue weighted by Crippen LogP contribution is 2.31. The van der Waals surface area contributed by atoms with Crippen LogP contribution < -0.4 is 0 Å². The standard InChI is InChI=1S/C5HCl2NS/c6-4-3(1-8)2-9-5(4)7/h2H. The summed E-state index contributed by atoms with van der Waals surface area (Å²) in [7, 11) is 0. The van der Waals surface area contributed by atoms with Crippen molar-refractivity contribution in [3.05, 3.63) is 20.3 Å². The highest BCUT2D eigenvalue weighted by molar-refractivity contribution is 7.15. The lowest BCUT2D eigenvalue weighted by Crippen LogP contribution is -1.62. The monoisotopic (exact) mass is 177 g/mol. The Morgan fingerprint density at radius 3 is 2.44 bits per heavy atom. The van der Waals surface area contributed by atoms with Gasteiger partial charge >= 0.3 is 0 Å². The molecule has 0 saturated carbocycles. The zero-order valence-corrected chi connectivity index (χ0v) is 6.52. The minimum Gasteiger partial charge on any atom is -0.192 e. The molecular weight excluding hydrogens is 177 g/mol. The molecule has 0 radical (unpaired) electrons. The first kappa shape index (κ1) is 6.88. The van der Waals surface area contributed by atoms with Gasteiger partial charge in [0.15, 0.2) is 0 Å². The molecule has 0 atom stereocenters. The Bertz CT molecular complexity index is 260. The molecule has 0 spiro atoms. The molecule has 0 amide bonds. The Morgan fingerprint density at radius 1 is 1.56 bits per heavy atom. The van der Waals surface area contributed by atoms with Crippen molar-refractivity contribution in [1.29, 1.82) is 5.26 Å². The molecule has 0 N–H and O–H groups in total. The van der Waals surface area contributed by atoms with Crippen LogP contribution in [0.2, 0.25) is 9.36 Å². The van der Waals surface area contributed by atoms with Gasteiger partial charge < -0.3 is 0 Å². The second kappa shape index (κ2) is 2.57. The molecule has 0 aromatic carbocycles. The first-order chi connectivity index (χ1) is 4.25. The molecule has 1 aromatic rings. The van der Waals surface area contributed by atoms with Crippen molar-refractivity contribution in [1.82, 2.24) is 0 Å². The van der Waals surface area contributed by atoms with Crippen molar-refractivity contribution in [2.75, 3.05) is 0 Å². The number of halogens is 2. The van der Waals surface area contributed by atoms with Crippen molar-refractivity contribution in [2.45, 2.75) is 0 Å². The van der Waals surface area contributed by atoms with E-state index < -0.39 is 0 Å². The summed E-state index contributed by atoms with van der Waals surface area (Å²) in [6.07, 6.45) is 0. The van der Waals surface area contributed by atoms with Gasteiger partial charge in [-0.05, 0) is 0 Å². The van der Waals surface area contributed by atoms with Crippen molar-refractivity contribution in [3.8, 4) is 6.07 Å². The van der Waals surface area contributed by atoms with Gasteiger partial charge in [-0.25, -0.2) is 0 Å². The van der Waals surface area contributed by atoms with E-state index in [1.165, 1.54) is 11.3 Å². The third-order valence-corrected chi connectivity index (χ3v) is 2.63. The lowest BCUT2D eigenvalue weighted by molar-refractivity contribution is 1.51. The lowest BCUT2D eigenvalue weighted by Gasteiger charge is -1.79. The van der Waals surface area contributed by atoms with E-state index in [-0.39, 0.29) is 0 Å². The molecule has 0 aliphatic heterocycles. The first-order valence-electron chi connectivity index (χ1n) is 2.08. The van der Waals surface area contributed by atoms with Gasteiger partial charge in [0.1, 0.15) is 10.4 Å². The summed E-state index contributed by atoms with van der Waals surface area (Å²) in [5.74, 6) is 0. The molecule has 1 rings (SSSR count). The average molecular weight is 178 g/mol. The van der Waals surface area contributed by atoms with Crippen LogP contribution in [-0.4, -0.2) is 0 Å². The van der Waals surface area contributed by atoms with Gasteiger partial charge in [-0.1, -0.05) is 23.2 Å². The van der Waals surface area contributed by atoms with E-state index in [4.69, 9.17) is 28.5 Å². The van der Waals surface area contributed by atoms with Crippen molar-refractivity contribution < 1.29 is 0 Å². The van der Waals surface area contributed by atoms with Crippen molar-refractivity contribution in [3.63, 3.8) is 0 Å². The van der Waals surface area contributed by atoms with E-state index in [1.807, 2.05) is 6.07 Å². The molecule has 1 heterocycles. The first-order valence-corrected chi connectivity index (χ1v) is 3.72. The normalized spacial score (nSPS) is 9.00. The highest BCUT2D eigenvalue weighted by atomic mass is 35.5. The zero-order valence-electron chi connectivity index (χ0n) is 4.19. The van der Waals surface area contributed by atoms with Gasteiger partial charge in [0.2, 0.25) is 0 Å². The third kappa shape index (κ3) is 1.19. The summed E-state index contributed by atoms with van der Waals surface area (Å²) < 4.78 is 0.480. The molecule has 46 valence electrons. The van der Waals surface area contributed by atoms with Gasteiger partial charge in [0, 0.05) is 5.38 Å². The number of thiophene rings is 1. The molecule has 0 fully saturated rings. The Morgan fingerprint density at radius 2 is 2.22 bits per heavy atom. The predicted octanol–water partition coefficient (Wildman–Crippen LogP) is 2.93. The fraction of sp³-hybridized carbons (Fsp3) is 0. The number of nitriles is 1. The molecule has 0 unspecified atom stereocenters. The van der Waals surface area contributed by atoms with E-state index in [0.29, 0.717) is 14.9 Å². The second-order valence-corrected chi connectivity index (χ2v) is 3.21. The van der Waals surface area contributed by atoms with Crippen LogP contribution in [0.1, 0.15) is 5.56 Å². The fourth-order valence-electron chi connectivity index (χ4n) is 0.395. The van der Waals surface area contributed by atoms with Crippen LogP contribution in [0.15, 0.2) is 5.38 Å². The Labute approximate surface area is 66.4 Å². The van der Waals surface area contributed by atoms with Crippen LogP contribution in [0, 0.1) is 11.3 Å². The highest BCUT2D eigenvalue weighted by Gasteiger charge is 2.04. The fourth-order valence-corrected chi connectivity index (χ4v) is 1.53. The molecule has 0 saturated heterocycles. The van der Waals surface area contributed by atoms with Crippen LogP contribution in [0.3, 0.4) is 0 Å². The Hall–Kier alpha value is -0.230. The summed E-state index contributed by atoms with van der Waals surface area (Å²) in [6, 6.07) is 1.91. The number of nitrogens with zero attached hydrogens (tertiary/aromatic N) is 1. The van der Waals surface area contributed by atoms with E-state index in [0.717, 1.165) is 0 Å². The van der Waals surface area contributed by atoms with Crippen LogP contribution >= 0.6 is 34.5 Å². The maximum Gasteiger partial charge on any atom is 0.113 e. The largest absolute Gasteiger partial charge is 0.192 e. The van der Waals surface area contributed by atoms with E-state index in [1.54, 1.807) is 5.38 Å². The number of hydrogen-bond acceptors (Lipinski definition) is 2. The van der Waals surface area contributed by atoms with Gasteiger partial charge in [-0.2, -0.15) is 5.26 Å². The van der Waals surface area contributed by atoms with Crippen molar-refractivity contribution >= 4 is 34.5 Å². The molecule has 0 bridgehead atoms. The molecule has 9 heavy (non-hydrogen) atoms. The summed E-state index contributed by atoms with van der Waals surface area (Å²) in [5, 5.41) is 10.3. The summed E-state index contributed by atoms with van der Waals surface area (Å²) in [6.45, 7) is 0. The molecule has 0 aliphatic rings. The quantitative estimate of drug-likeness (QED) is 0.599. The molecule has 1 nitrogen and oxygen atoms in total. The van der Waals surface area contributed by atoms with E-state index in [2.05, 4.69) is 0 Å². The summed E-state index contributed by atoms with van der Waals surface area (Å²) in [4.78, 5) is 0. The van der Waals surface area contributed by atoms with E-state index in [9.17, 15) is 0 Å². The lowest BCUT2D eigenvalue weighted by atomic mass is 10.4. The minimum atomic E-state index is 0.365. The van der Waals surface area contributed by atoms with Gasteiger partial charge in [-0.3, -0.25) is 0 Å².